The minimum atomic E-state index is -1.16. The maximum absolute atomic E-state index is 14.7. The molecule has 272 valence electrons. The highest BCUT2D eigenvalue weighted by Gasteiger charge is 2.57. The lowest BCUT2D eigenvalue weighted by Crippen LogP contribution is -2.50. The molecule has 2 unspecified atom stereocenters. The van der Waals surface area contributed by atoms with Gasteiger partial charge in [-0.05, 0) is 51.1 Å². The first kappa shape index (κ1) is 35.9. The molecular formula is C34H38ClF2N7O7. The van der Waals surface area contributed by atoms with Gasteiger partial charge in [0.25, 0.3) is 11.8 Å². The summed E-state index contributed by atoms with van der Waals surface area (Å²) < 4.78 is 40.5. The van der Waals surface area contributed by atoms with Gasteiger partial charge in [-0.15, -0.1) is 0 Å². The molecule has 3 aliphatic rings. The van der Waals surface area contributed by atoms with Gasteiger partial charge in [0.05, 0.1) is 48.3 Å². The number of nitrogens with zero attached hydrogens (tertiary/aromatic N) is 4. The second-order valence-corrected chi connectivity index (χ2v) is 14.3. The molecule has 4 atom stereocenters. The van der Waals surface area contributed by atoms with E-state index in [2.05, 4.69) is 20.9 Å². The van der Waals surface area contributed by atoms with Gasteiger partial charge in [0.1, 0.15) is 5.60 Å². The molecule has 0 radical (unpaired) electrons. The molecular weight excluding hydrogens is 692 g/mol. The summed E-state index contributed by atoms with van der Waals surface area (Å²) in [7, 11) is 2.71. The van der Waals surface area contributed by atoms with Crippen molar-refractivity contribution in [2.75, 3.05) is 38.6 Å². The number of methoxy groups -OCH3 is 1. The summed E-state index contributed by atoms with van der Waals surface area (Å²) in [6, 6.07) is 5.84. The van der Waals surface area contributed by atoms with E-state index in [0.29, 0.717) is 13.1 Å². The van der Waals surface area contributed by atoms with Crippen molar-refractivity contribution in [1.82, 2.24) is 30.0 Å². The number of halogens is 3. The summed E-state index contributed by atoms with van der Waals surface area (Å²) in [5, 5.41) is 19.0. The second kappa shape index (κ2) is 13.6. The first-order chi connectivity index (χ1) is 24.1. The second-order valence-electron chi connectivity index (χ2n) is 13.9. The summed E-state index contributed by atoms with van der Waals surface area (Å²) in [6.07, 6.45) is -0.234. The number of likely N-dealkylation sites (tertiary alicyclic amines) is 2. The van der Waals surface area contributed by atoms with Gasteiger partial charge in [0, 0.05) is 55.8 Å². The zero-order valence-electron chi connectivity index (χ0n) is 28.5. The Morgan fingerprint density at radius 2 is 1.67 bits per heavy atom. The molecule has 0 bridgehead atoms. The number of hydrogen-bond acceptors (Lipinski definition) is 8. The van der Waals surface area contributed by atoms with E-state index in [1.807, 2.05) is 0 Å². The standard InChI is InChI=1S/C34H38ClF2N7O7/c1-34(2,3)51-33(49)44-14-22(24(45)15-44)40-32(48)43-12-19-20(13-43)28(19)41-30(46)17-7-6-16(10-21(17)35)39-31(47)29-38-11-23(42(29)4)18-8-9-25(50-5)27(37)26(18)36/h6-11,19-20,22,24,28,45H,12-15H2,1-5H3,(H,39,47)(H,40,48)(H,41,46)/t19?,20?,22-,24-,28?/m1/s1. The Morgan fingerprint density at radius 1 is 0.961 bits per heavy atom. The van der Waals surface area contributed by atoms with Gasteiger partial charge in [-0.3, -0.25) is 9.59 Å². The van der Waals surface area contributed by atoms with E-state index in [4.69, 9.17) is 21.1 Å². The summed E-state index contributed by atoms with van der Waals surface area (Å²) >= 11 is 6.43. The fourth-order valence-electron chi connectivity index (χ4n) is 6.51. The molecule has 3 aromatic rings. The van der Waals surface area contributed by atoms with Crippen LogP contribution in [0.15, 0.2) is 36.5 Å². The van der Waals surface area contributed by atoms with Gasteiger partial charge in [0.15, 0.2) is 17.4 Å². The number of aliphatic hydroxyl groups is 1. The summed E-state index contributed by atoms with van der Waals surface area (Å²) in [5.74, 6) is -3.59. The van der Waals surface area contributed by atoms with Gasteiger partial charge in [-0.2, -0.15) is 4.39 Å². The van der Waals surface area contributed by atoms with Gasteiger partial charge >= 0.3 is 12.1 Å². The highest BCUT2D eigenvalue weighted by Crippen LogP contribution is 2.45. The molecule has 17 heteroatoms. The number of rotatable bonds is 7. The van der Waals surface area contributed by atoms with Crippen molar-refractivity contribution < 1.29 is 42.5 Å². The lowest BCUT2D eigenvalue weighted by Gasteiger charge is -2.25. The van der Waals surface area contributed by atoms with Crippen molar-refractivity contribution in [2.24, 2.45) is 18.9 Å². The number of imidazole rings is 1. The smallest absolute Gasteiger partial charge is 0.410 e. The number of urea groups is 1. The number of fused-ring (bicyclic) bond motifs is 1. The molecule has 51 heavy (non-hydrogen) atoms. The average Bonchev–Trinajstić information content (AvgIpc) is 3.43. The summed E-state index contributed by atoms with van der Waals surface area (Å²) in [6.45, 7) is 6.25. The number of aromatic nitrogens is 2. The van der Waals surface area contributed by atoms with Crippen molar-refractivity contribution in [3.63, 3.8) is 0 Å². The molecule has 1 aromatic heterocycles. The van der Waals surface area contributed by atoms with Crippen molar-refractivity contribution >= 4 is 41.2 Å². The van der Waals surface area contributed by atoms with Crippen molar-refractivity contribution in [3.8, 4) is 17.0 Å². The predicted molar refractivity (Wildman–Crippen MR) is 180 cm³/mol. The third-order valence-corrected chi connectivity index (χ3v) is 9.55. The fraction of sp³-hybridized carbons (Fsp3) is 0.441. The number of carbonyl (C=O) groups excluding carboxylic acids is 4. The largest absolute Gasteiger partial charge is 0.494 e. The molecule has 4 N–H and O–H groups in total. The normalized spacial score (nSPS) is 22.3. The van der Waals surface area contributed by atoms with Crippen molar-refractivity contribution in [3.05, 3.63) is 64.6 Å². The quantitative estimate of drug-likeness (QED) is 0.286. The number of hydrogen-bond donors (Lipinski definition) is 4. The number of β-amino-alcohol motifs (C(OH)–C–C–N with tert-alkyl or cyclic N) is 1. The molecule has 2 aliphatic heterocycles. The average molecular weight is 730 g/mol. The number of aliphatic hydroxyl groups excluding tert-OH is 1. The Morgan fingerprint density at radius 3 is 2.31 bits per heavy atom. The number of piperidine rings is 1. The molecule has 0 spiro atoms. The van der Waals surface area contributed by atoms with Crippen LogP contribution in [0.5, 0.6) is 5.75 Å². The van der Waals surface area contributed by atoms with E-state index < -0.39 is 47.3 Å². The minimum absolute atomic E-state index is 0.0503. The van der Waals surface area contributed by atoms with Crippen LogP contribution in [0, 0.1) is 23.5 Å². The highest BCUT2D eigenvalue weighted by molar-refractivity contribution is 6.34. The number of carbonyl (C=O) groups is 4. The zero-order valence-corrected chi connectivity index (χ0v) is 29.3. The zero-order chi connectivity index (χ0) is 36.9. The molecule has 1 saturated carbocycles. The number of anilines is 1. The molecule has 1 aliphatic carbocycles. The molecule has 14 nitrogen and oxygen atoms in total. The Labute approximate surface area is 297 Å². The van der Waals surface area contributed by atoms with Crippen LogP contribution in [-0.2, 0) is 11.8 Å². The minimum Gasteiger partial charge on any atom is -0.494 e. The fourth-order valence-corrected chi connectivity index (χ4v) is 6.78. The van der Waals surface area contributed by atoms with E-state index in [9.17, 15) is 33.1 Å². The molecule has 2 aromatic carbocycles. The molecule has 3 fully saturated rings. The van der Waals surface area contributed by atoms with Gasteiger partial charge < -0.3 is 44.9 Å². The van der Waals surface area contributed by atoms with E-state index in [-0.39, 0.29) is 76.1 Å². The molecule has 6 rings (SSSR count). The third kappa shape index (κ3) is 7.28. The van der Waals surface area contributed by atoms with Gasteiger partial charge in [-0.25, -0.2) is 19.0 Å². The molecule has 5 amide bonds. The number of benzene rings is 2. The van der Waals surface area contributed by atoms with Crippen LogP contribution in [0.2, 0.25) is 5.02 Å². The van der Waals surface area contributed by atoms with Crippen LogP contribution in [0.25, 0.3) is 11.3 Å². The SMILES string of the molecule is COc1ccc(-c2cnc(C(=O)Nc3ccc(C(=O)NC4C5CN(C(=O)N[C@@H]6CN(C(=O)OC(C)(C)C)C[C@H]6O)CC54)c(Cl)c3)n2C)c(F)c1F. The van der Waals surface area contributed by atoms with Crippen molar-refractivity contribution in [1.29, 1.82) is 0 Å². The van der Waals surface area contributed by atoms with Crippen LogP contribution in [0.4, 0.5) is 24.1 Å². The predicted octanol–water partition coefficient (Wildman–Crippen LogP) is 3.63. The Hall–Kier alpha value is -4.96. The third-order valence-electron chi connectivity index (χ3n) is 9.23. The number of ether oxygens (including phenoxy) is 2. The van der Waals surface area contributed by atoms with E-state index >= 15 is 0 Å². The van der Waals surface area contributed by atoms with Gasteiger partial charge in [-0.1, -0.05) is 11.6 Å². The van der Waals surface area contributed by atoms with Gasteiger partial charge in [0.2, 0.25) is 5.82 Å². The lowest BCUT2D eigenvalue weighted by molar-refractivity contribution is 0.0269. The topological polar surface area (TPSA) is 167 Å². The summed E-state index contributed by atoms with van der Waals surface area (Å²) in [5.41, 5.74) is -0.153. The highest BCUT2D eigenvalue weighted by atomic mass is 35.5. The summed E-state index contributed by atoms with van der Waals surface area (Å²) in [4.78, 5) is 58.5. The monoisotopic (exact) mass is 729 g/mol. The Bertz CT molecular complexity index is 1890. The van der Waals surface area contributed by atoms with Crippen LogP contribution in [0.1, 0.15) is 41.7 Å². The first-order valence-electron chi connectivity index (χ1n) is 16.2. The Kier molecular flexibility index (Phi) is 9.59. The maximum atomic E-state index is 14.7. The van der Waals surface area contributed by atoms with E-state index in [1.54, 1.807) is 25.7 Å². The first-order valence-corrected chi connectivity index (χ1v) is 16.6. The Balaban J connectivity index is 0.994. The number of nitrogens with one attached hydrogen (secondary N) is 3. The van der Waals surface area contributed by atoms with Crippen LogP contribution >= 0.6 is 11.6 Å². The lowest BCUT2D eigenvalue weighted by atomic mass is 10.1. The van der Waals surface area contributed by atoms with Crippen LogP contribution in [-0.4, -0.2) is 105 Å². The van der Waals surface area contributed by atoms with Crippen LogP contribution in [0.3, 0.4) is 0 Å². The van der Waals surface area contributed by atoms with E-state index in [1.165, 1.54) is 60.2 Å². The van der Waals surface area contributed by atoms with E-state index in [0.717, 1.165) is 0 Å². The number of amides is 5. The molecule has 3 heterocycles. The molecule has 2 saturated heterocycles. The van der Waals surface area contributed by atoms with Crippen molar-refractivity contribution in [2.45, 2.75) is 44.6 Å². The maximum Gasteiger partial charge on any atom is 0.410 e. The van der Waals surface area contributed by atoms with Crippen LogP contribution < -0.4 is 20.7 Å².